The molecule has 0 unspecified atom stereocenters. The number of methoxy groups -OCH3 is 1. The van der Waals surface area contributed by atoms with Gasteiger partial charge in [0.25, 0.3) is 0 Å². The van der Waals surface area contributed by atoms with Gasteiger partial charge in [-0.1, -0.05) is 19.9 Å². The van der Waals surface area contributed by atoms with Crippen molar-refractivity contribution >= 4 is 11.8 Å². The highest BCUT2D eigenvalue weighted by molar-refractivity contribution is 6.03. The Bertz CT molecular complexity index is 920. The van der Waals surface area contributed by atoms with Crippen molar-refractivity contribution in [2.75, 3.05) is 20.3 Å². The summed E-state index contributed by atoms with van der Waals surface area (Å²) in [5.74, 6) is -3.90. The fraction of sp³-hybridized carbons (Fsp3) is 0.429. The fourth-order valence-corrected chi connectivity index (χ4v) is 3.73. The normalized spacial score (nSPS) is 21.0. The molecule has 0 saturated carbocycles. The first kappa shape index (κ1) is 21.0. The average Bonchev–Trinajstić information content (AvgIpc) is 2.59. The molecule has 1 heterocycles. The number of nitrogens with two attached hydrogens (primary N) is 1. The largest absolute Gasteiger partial charge is 0.460 e. The van der Waals surface area contributed by atoms with E-state index in [4.69, 9.17) is 19.9 Å². The van der Waals surface area contributed by atoms with E-state index in [1.54, 1.807) is 0 Å². The van der Waals surface area contributed by atoms with Crippen LogP contribution in [0.4, 0.5) is 8.78 Å². The lowest BCUT2D eigenvalue weighted by Gasteiger charge is -2.38. The van der Waals surface area contributed by atoms with Gasteiger partial charge >= 0.3 is 5.97 Å². The van der Waals surface area contributed by atoms with Gasteiger partial charge in [-0.2, -0.15) is 0 Å². The van der Waals surface area contributed by atoms with E-state index in [9.17, 15) is 18.4 Å². The highest BCUT2D eigenvalue weighted by atomic mass is 19.1. The monoisotopic (exact) mass is 407 g/mol. The van der Waals surface area contributed by atoms with Gasteiger partial charge in [-0.05, 0) is 11.5 Å². The minimum atomic E-state index is -1.14. The third-order valence-corrected chi connectivity index (χ3v) is 4.97. The summed E-state index contributed by atoms with van der Waals surface area (Å²) in [5.41, 5.74) is 5.57. The Morgan fingerprint density at radius 2 is 2.00 bits per heavy atom. The summed E-state index contributed by atoms with van der Waals surface area (Å²) in [6.07, 6.45) is 0.584. The molecule has 29 heavy (non-hydrogen) atoms. The first-order valence-electron chi connectivity index (χ1n) is 9.19. The van der Waals surface area contributed by atoms with Gasteiger partial charge in [0, 0.05) is 37.2 Å². The predicted octanol–water partition coefficient (Wildman–Crippen LogP) is 3.08. The minimum Gasteiger partial charge on any atom is -0.460 e. The lowest BCUT2D eigenvalue weighted by Crippen LogP contribution is -2.36. The standard InChI is InChI=1S/C21H23F2NO5/c1-21(2)9-14(25)17-15(10-21)29-19(24)18(20(26)28-7-6-27-3)16(17)12-5-4-11(22)8-13(12)23/h4-5,8,16H,6-7,9-10,24H2,1-3H3/t16-/m0/s1. The first-order chi connectivity index (χ1) is 13.6. The van der Waals surface area contributed by atoms with Crippen LogP contribution in [0.5, 0.6) is 0 Å². The van der Waals surface area contributed by atoms with E-state index in [-0.39, 0.29) is 53.4 Å². The van der Waals surface area contributed by atoms with Crippen LogP contribution < -0.4 is 5.73 Å². The summed E-state index contributed by atoms with van der Waals surface area (Å²) in [6.45, 7) is 3.90. The molecule has 1 aromatic rings. The van der Waals surface area contributed by atoms with Crippen molar-refractivity contribution in [1.82, 2.24) is 0 Å². The average molecular weight is 407 g/mol. The van der Waals surface area contributed by atoms with Gasteiger partial charge in [-0.25, -0.2) is 13.6 Å². The SMILES string of the molecule is COCCOC(=O)C1=C(N)OC2=C(C(=O)CC(C)(C)C2)[C@@H]1c1ccc(F)cc1F. The number of Topliss-reactive ketones (excluding diaryl/α,β-unsaturated/α-hetero) is 1. The van der Waals surface area contributed by atoms with E-state index in [2.05, 4.69) is 0 Å². The van der Waals surface area contributed by atoms with Gasteiger partial charge in [0.05, 0.1) is 12.5 Å². The number of carbonyl (C=O) groups excluding carboxylic acids is 2. The van der Waals surface area contributed by atoms with Gasteiger partial charge in [0.15, 0.2) is 5.78 Å². The van der Waals surface area contributed by atoms with Crippen molar-refractivity contribution in [3.63, 3.8) is 0 Å². The van der Waals surface area contributed by atoms with Crippen molar-refractivity contribution in [3.8, 4) is 0 Å². The predicted molar refractivity (Wildman–Crippen MR) is 99.3 cm³/mol. The second kappa shape index (κ2) is 7.94. The molecule has 0 fully saturated rings. The van der Waals surface area contributed by atoms with E-state index in [1.165, 1.54) is 13.2 Å². The van der Waals surface area contributed by atoms with Crippen LogP contribution in [0.15, 0.2) is 41.0 Å². The molecule has 8 heteroatoms. The second-order valence-electron chi connectivity index (χ2n) is 7.89. The van der Waals surface area contributed by atoms with Crippen LogP contribution in [0.3, 0.4) is 0 Å². The third kappa shape index (κ3) is 4.17. The number of hydrogen-bond acceptors (Lipinski definition) is 6. The maximum Gasteiger partial charge on any atom is 0.340 e. The quantitative estimate of drug-likeness (QED) is 0.596. The Kier molecular flexibility index (Phi) is 5.75. The van der Waals surface area contributed by atoms with Gasteiger partial charge in [0.1, 0.15) is 29.6 Å². The third-order valence-electron chi connectivity index (χ3n) is 4.97. The van der Waals surface area contributed by atoms with Crippen LogP contribution in [-0.4, -0.2) is 32.1 Å². The second-order valence-corrected chi connectivity index (χ2v) is 7.89. The fourth-order valence-electron chi connectivity index (χ4n) is 3.73. The van der Waals surface area contributed by atoms with E-state index >= 15 is 0 Å². The summed E-state index contributed by atoms with van der Waals surface area (Å²) < 4.78 is 43.8. The number of carbonyl (C=O) groups is 2. The highest BCUT2D eigenvalue weighted by Crippen LogP contribution is 2.48. The Hall–Kier alpha value is -2.74. The van der Waals surface area contributed by atoms with Gasteiger partial charge in [0.2, 0.25) is 5.88 Å². The number of allylic oxidation sites excluding steroid dienone is 2. The molecular formula is C21H23F2NO5. The van der Waals surface area contributed by atoms with Gasteiger partial charge in [-0.3, -0.25) is 4.79 Å². The Balaban J connectivity index is 2.13. The van der Waals surface area contributed by atoms with Crippen LogP contribution >= 0.6 is 0 Å². The maximum absolute atomic E-state index is 14.7. The van der Waals surface area contributed by atoms with Crippen molar-refractivity contribution in [1.29, 1.82) is 0 Å². The molecule has 0 amide bonds. The topological polar surface area (TPSA) is 87.8 Å². The molecule has 0 spiro atoms. The Morgan fingerprint density at radius 1 is 1.28 bits per heavy atom. The van der Waals surface area contributed by atoms with Gasteiger partial charge < -0.3 is 19.9 Å². The van der Waals surface area contributed by atoms with Crippen LogP contribution in [0.25, 0.3) is 0 Å². The number of hydrogen-bond donors (Lipinski definition) is 1. The van der Waals surface area contributed by atoms with Gasteiger partial charge in [-0.15, -0.1) is 0 Å². The van der Waals surface area contributed by atoms with Crippen LogP contribution in [-0.2, 0) is 23.8 Å². The summed E-state index contributed by atoms with van der Waals surface area (Å²) in [6, 6.07) is 2.97. The molecule has 0 bridgehead atoms. The van der Waals surface area contributed by atoms with Crippen LogP contribution in [0, 0.1) is 17.0 Å². The Labute approximate surface area is 167 Å². The van der Waals surface area contributed by atoms with Crippen molar-refractivity contribution in [2.24, 2.45) is 11.1 Å². The lowest BCUT2D eigenvalue weighted by molar-refractivity contribution is -0.141. The molecule has 1 aliphatic heterocycles. The van der Waals surface area contributed by atoms with Crippen LogP contribution in [0.1, 0.15) is 38.2 Å². The number of halogens is 2. The molecule has 2 N–H and O–H groups in total. The van der Waals surface area contributed by atoms with E-state index < -0.39 is 23.5 Å². The molecule has 0 aromatic heterocycles. The molecule has 2 aliphatic rings. The summed E-state index contributed by atoms with van der Waals surface area (Å²) in [4.78, 5) is 25.7. The number of benzene rings is 1. The summed E-state index contributed by atoms with van der Waals surface area (Å²) in [5, 5.41) is 0. The highest BCUT2D eigenvalue weighted by Gasteiger charge is 2.45. The molecule has 6 nitrogen and oxygen atoms in total. The summed E-state index contributed by atoms with van der Waals surface area (Å²) >= 11 is 0. The molecule has 1 atom stereocenters. The number of ether oxygens (including phenoxy) is 3. The molecule has 1 aliphatic carbocycles. The van der Waals surface area contributed by atoms with E-state index in [0.29, 0.717) is 18.2 Å². The number of rotatable bonds is 5. The molecular weight excluding hydrogens is 384 g/mol. The van der Waals surface area contributed by atoms with Crippen LogP contribution in [0.2, 0.25) is 0 Å². The smallest absolute Gasteiger partial charge is 0.340 e. The molecule has 3 rings (SSSR count). The number of ketones is 1. The number of esters is 1. The zero-order valence-corrected chi connectivity index (χ0v) is 16.5. The van der Waals surface area contributed by atoms with Crippen molar-refractivity contribution in [3.05, 3.63) is 58.2 Å². The Morgan fingerprint density at radius 3 is 2.66 bits per heavy atom. The maximum atomic E-state index is 14.7. The zero-order chi connectivity index (χ0) is 21.3. The molecule has 156 valence electrons. The zero-order valence-electron chi connectivity index (χ0n) is 16.5. The minimum absolute atomic E-state index is 0.0445. The van der Waals surface area contributed by atoms with E-state index in [0.717, 1.165) is 6.07 Å². The van der Waals surface area contributed by atoms with Crippen molar-refractivity contribution in [2.45, 2.75) is 32.6 Å². The summed E-state index contributed by atoms with van der Waals surface area (Å²) in [7, 11) is 1.45. The molecule has 0 saturated heterocycles. The first-order valence-corrected chi connectivity index (χ1v) is 9.19. The van der Waals surface area contributed by atoms with E-state index in [1.807, 2.05) is 13.8 Å². The lowest BCUT2D eigenvalue weighted by atomic mass is 9.70. The molecule has 0 radical (unpaired) electrons. The van der Waals surface area contributed by atoms with Crippen molar-refractivity contribution < 1.29 is 32.6 Å². The molecule has 1 aromatic carbocycles.